The third-order valence-corrected chi connectivity index (χ3v) is 4.88. The summed E-state index contributed by atoms with van der Waals surface area (Å²) in [5, 5.41) is 6.79. The van der Waals surface area contributed by atoms with E-state index in [-0.39, 0.29) is 24.0 Å². The summed E-state index contributed by atoms with van der Waals surface area (Å²) < 4.78 is 16.2. The quantitative estimate of drug-likeness (QED) is 0.281. The zero-order valence-corrected chi connectivity index (χ0v) is 20.7. The van der Waals surface area contributed by atoms with Crippen LogP contribution in [-0.4, -0.2) is 64.9 Å². The number of benzene rings is 1. The Morgan fingerprint density at radius 2 is 1.69 bits per heavy atom. The van der Waals surface area contributed by atoms with E-state index in [1.807, 2.05) is 12.1 Å². The molecule has 1 aromatic carbocycles. The third-order valence-electron chi connectivity index (χ3n) is 4.88. The number of hydrogen-bond acceptors (Lipinski definition) is 5. The fourth-order valence-corrected chi connectivity index (χ4v) is 3.48. The van der Waals surface area contributed by atoms with Crippen molar-refractivity contribution in [2.24, 2.45) is 10.9 Å². The first-order valence-corrected chi connectivity index (χ1v) is 10.1. The van der Waals surface area contributed by atoms with Gasteiger partial charge < -0.3 is 29.7 Å². The fourth-order valence-electron chi connectivity index (χ4n) is 3.48. The van der Waals surface area contributed by atoms with Gasteiger partial charge in [-0.1, -0.05) is 6.92 Å². The van der Waals surface area contributed by atoms with Gasteiger partial charge in [0.25, 0.3) is 0 Å². The van der Waals surface area contributed by atoms with E-state index in [0.717, 1.165) is 31.2 Å². The highest BCUT2D eigenvalue weighted by atomic mass is 127. The predicted octanol–water partition coefficient (Wildman–Crippen LogP) is 3.12. The fraction of sp³-hybridized carbons (Fsp3) is 0.667. The van der Waals surface area contributed by atoms with Gasteiger partial charge in [0.05, 0.1) is 27.9 Å². The van der Waals surface area contributed by atoms with Gasteiger partial charge in [-0.15, -0.1) is 24.0 Å². The molecule has 1 aliphatic heterocycles. The maximum atomic E-state index is 5.43. The van der Waals surface area contributed by atoms with Gasteiger partial charge in [0, 0.05) is 19.6 Å². The average Bonchev–Trinajstić information content (AvgIpc) is 3.21. The lowest BCUT2D eigenvalue weighted by molar-refractivity contribution is 0.287. The maximum Gasteiger partial charge on any atom is 0.203 e. The third kappa shape index (κ3) is 8.08. The number of guanidine groups is 1. The van der Waals surface area contributed by atoms with Crippen LogP contribution in [-0.2, 0) is 6.54 Å². The van der Waals surface area contributed by atoms with Crippen LogP contribution in [0.15, 0.2) is 17.1 Å². The molecule has 166 valence electrons. The molecule has 0 bridgehead atoms. The Morgan fingerprint density at radius 1 is 1.07 bits per heavy atom. The number of methoxy groups -OCH3 is 3. The van der Waals surface area contributed by atoms with Gasteiger partial charge in [-0.2, -0.15) is 0 Å². The van der Waals surface area contributed by atoms with E-state index >= 15 is 0 Å². The summed E-state index contributed by atoms with van der Waals surface area (Å²) >= 11 is 0. The summed E-state index contributed by atoms with van der Waals surface area (Å²) in [5.74, 6) is 3.28. The normalized spacial score (nSPS) is 15.4. The molecule has 0 saturated carbocycles. The zero-order valence-electron chi connectivity index (χ0n) is 18.4. The molecule has 0 spiro atoms. The molecular formula is C21H37IN4O3. The van der Waals surface area contributed by atoms with Gasteiger partial charge in [0.1, 0.15) is 0 Å². The number of nitrogens with zero attached hydrogens (tertiary/aromatic N) is 2. The van der Waals surface area contributed by atoms with Crippen LogP contribution >= 0.6 is 24.0 Å². The highest BCUT2D eigenvalue weighted by Crippen LogP contribution is 2.38. The summed E-state index contributed by atoms with van der Waals surface area (Å²) in [4.78, 5) is 7.27. The van der Waals surface area contributed by atoms with Crippen LogP contribution in [0.3, 0.4) is 0 Å². The zero-order chi connectivity index (χ0) is 20.4. The molecule has 1 aliphatic rings. The predicted molar refractivity (Wildman–Crippen MR) is 129 cm³/mol. The molecular weight excluding hydrogens is 483 g/mol. The van der Waals surface area contributed by atoms with Crippen molar-refractivity contribution in [3.8, 4) is 17.2 Å². The van der Waals surface area contributed by atoms with Crippen LogP contribution in [0.2, 0.25) is 0 Å². The standard InChI is InChI=1S/C21H36N4O3.HI/c1-6-22-21(23-13-16(2)15-25-9-7-8-10-25)24-14-17-11-18(26-3)20(28-5)19(12-17)27-4;/h11-12,16H,6-10,13-15H2,1-5H3,(H2,22,23,24);1H. The second-order valence-corrected chi connectivity index (χ2v) is 7.22. The van der Waals surface area contributed by atoms with Crippen molar-refractivity contribution >= 4 is 29.9 Å². The van der Waals surface area contributed by atoms with E-state index in [0.29, 0.717) is 29.7 Å². The Balaban J connectivity index is 0.00000420. The molecule has 0 radical (unpaired) electrons. The molecule has 29 heavy (non-hydrogen) atoms. The Bertz CT molecular complexity index is 611. The highest BCUT2D eigenvalue weighted by Gasteiger charge is 2.15. The highest BCUT2D eigenvalue weighted by molar-refractivity contribution is 14.0. The molecule has 7 nitrogen and oxygen atoms in total. The minimum absolute atomic E-state index is 0. The lowest BCUT2D eigenvalue weighted by Crippen LogP contribution is -2.41. The van der Waals surface area contributed by atoms with E-state index in [1.165, 1.54) is 25.9 Å². The van der Waals surface area contributed by atoms with Crippen LogP contribution in [0.25, 0.3) is 0 Å². The molecule has 2 rings (SSSR count). The van der Waals surface area contributed by atoms with E-state index in [2.05, 4.69) is 29.4 Å². The molecule has 8 heteroatoms. The number of hydrogen-bond donors (Lipinski definition) is 2. The van der Waals surface area contributed by atoms with Crippen molar-refractivity contribution in [3.63, 3.8) is 0 Å². The first-order chi connectivity index (χ1) is 13.6. The minimum Gasteiger partial charge on any atom is -0.493 e. The minimum atomic E-state index is 0. The van der Waals surface area contributed by atoms with E-state index < -0.39 is 0 Å². The maximum absolute atomic E-state index is 5.43. The number of halogens is 1. The van der Waals surface area contributed by atoms with Crippen LogP contribution < -0.4 is 24.8 Å². The van der Waals surface area contributed by atoms with Crippen LogP contribution in [0.5, 0.6) is 17.2 Å². The smallest absolute Gasteiger partial charge is 0.203 e. The van der Waals surface area contributed by atoms with Crippen molar-refractivity contribution in [2.45, 2.75) is 33.2 Å². The molecule has 0 aliphatic carbocycles. The number of rotatable bonds is 10. The van der Waals surface area contributed by atoms with Gasteiger partial charge in [-0.3, -0.25) is 0 Å². The molecule has 1 unspecified atom stereocenters. The largest absolute Gasteiger partial charge is 0.493 e. The summed E-state index contributed by atoms with van der Waals surface area (Å²) in [6.07, 6.45) is 2.66. The monoisotopic (exact) mass is 520 g/mol. The van der Waals surface area contributed by atoms with E-state index in [9.17, 15) is 0 Å². The number of likely N-dealkylation sites (tertiary alicyclic amines) is 1. The van der Waals surface area contributed by atoms with Gasteiger partial charge in [0.15, 0.2) is 17.5 Å². The molecule has 1 atom stereocenters. The first kappa shape index (κ1) is 25.6. The summed E-state index contributed by atoms with van der Waals surface area (Å²) in [6.45, 7) is 10.2. The van der Waals surface area contributed by atoms with Gasteiger partial charge >= 0.3 is 0 Å². The van der Waals surface area contributed by atoms with Gasteiger partial charge in [-0.05, 0) is 56.5 Å². The summed E-state index contributed by atoms with van der Waals surface area (Å²) in [5.41, 5.74) is 0.997. The van der Waals surface area contributed by atoms with Crippen molar-refractivity contribution in [1.29, 1.82) is 0 Å². The molecule has 0 amide bonds. The van der Waals surface area contributed by atoms with Gasteiger partial charge in [0.2, 0.25) is 5.75 Å². The lowest BCUT2D eigenvalue weighted by atomic mass is 10.1. The van der Waals surface area contributed by atoms with Gasteiger partial charge in [-0.25, -0.2) is 4.99 Å². The van der Waals surface area contributed by atoms with Crippen molar-refractivity contribution in [1.82, 2.24) is 15.5 Å². The van der Waals surface area contributed by atoms with Crippen molar-refractivity contribution in [2.75, 3.05) is 54.1 Å². The van der Waals surface area contributed by atoms with E-state index in [1.54, 1.807) is 21.3 Å². The number of nitrogens with one attached hydrogen (secondary N) is 2. The first-order valence-electron chi connectivity index (χ1n) is 10.1. The topological polar surface area (TPSA) is 67.4 Å². The Labute approximate surface area is 192 Å². The second-order valence-electron chi connectivity index (χ2n) is 7.22. The Hall–Kier alpha value is -1.42. The molecule has 1 aromatic rings. The molecule has 1 fully saturated rings. The number of ether oxygens (including phenoxy) is 3. The molecule has 2 N–H and O–H groups in total. The SMILES string of the molecule is CCNC(=NCc1cc(OC)c(OC)c(OC)c1)NCC(C)CN1CCCC1.I. The Morgan fingerprint density at radius 3 is 2.21 bits per heavy atom. The van der Waals surface area contributed by atoms with E-state index in [4.69, 9.17) is 19.2 Å². The molecule has 0 aromatic heterocycles. The summed E-state index contributed by atoms with van der Waals surface area (Å²) in [6, 6.07) is 3.87. The van der Waals surface area contributed by atoms with Crippen LogP contribution in [0.4, 0.5) is 0 Å². The van der Waals surface area contributed by atoms with Crippen LogP contribution in [0, 0.1) is 5.92 Å². The Kier molecular flexibility index (Phi) is 12.1. The van der Waals surface area contributed by atoms with Crippen molar-refractivity contribution < 1.29 is 14.2 Å². The number of aliphatic imine (C=N–C) groups is 1. The summed E-state index contributed by atoms with van der Waals surface area (Å²) in [7, 11) is 4.85. The second kappa shape index (κ2) is 13.7. The molecule has 1 heterocycles. The van der Waals surface area contributed by atoms with Crippen molar-refractivity contribution in [3.05, 3.63) is 17.7 Å². The molecule has 1 saturated heterocycles. The average molecular weight is 520 g/mol. The van der Waals surface area contributed by atoms with Crippen LogP contribution in [0.1, 0.15) is 32.3 Å². The lowest BCUT2D eigenvalue weighted by Gasteiger charge is -2.21.